The second-order valence-corrected chi connectivity index (χ2v) is 14.0. The zero-order valence-corrected chi connectivity index (χ0v) is 36.4. The molecule has 66 heavy (non-hydrogen) atoms. The monoisotopic (exact) mass is 896 g/mol. The molecule has 0 atom stereocenters. The molecule has 0 saturated heterocycles. The summed E-state index contributed by atoms with van der Waals surface area (Å²) in [7, 11) is 0. The van der Waals surface area contributed by atoms with Crippen molar-refractivity contribution in [1.82, 2.24) is 0 Å². The van der Waals surface area contributed by atoms with Crippen molar-refractivity contribution in [3.8, 4) is 23.0 Å². The molecule has 0 heterocycles. The van der Waals surface area contributed by atoms with Gasteiger partial charge in [-0.25, -0.2) is 28.8 Å². The molecule has 0 radical (unpaired) electrons. The fraction of sp³-hybridized carbons (Fsp3) is 0.192. The summed E-state index contributed by atoms with van der Waals surface area (Å²) in [5, 5.41) is 0. The zero-order valence-electron chi connectivity index (χ0n) is 36.4. The molecule has 0 unspecified atom stereocenters. The highest BCUT2D eigenvalue weighted by Gasteiger charge is 2.25. The van der Waals surface area contributed by atoms with E-state index in [1.807, 2.05) is 74.5 Å². The lowest BCUT2D eigenvalue weighted by Crippen LogP contribution is -2.19. The van der Waals surface area contributed by atoms with Gasteiger partial charge in [-0.15, -0.1) is 0 Å². The van der Waals surface area contributed by atoms with Crippen LogP contribution in [0.25, 0.3) is 0 Å². The van der Waals surface area contributed by atoms with Crippen LogP contribution in [0.3, 0.4) is 0 Å². The second kappa shape index (κ2) is 26.4. The molecule has 6 rings (SSSR count). The Bertz CT molecular complexity index is 2370. The number of unbranched alkanes of at least 4 members (excludes halogenated alkanes) is 2. The highest BCUT2D eigenvalue weighted by molar-refractivity contribution is 6.03. The smallest absolute Gasteiger partial charge is 0.493 e. The standard InChI is InChI=1S/C29H22O7.C23H26O7/c30-27(23-15-7-9-17-25(23)33-19-21-11-3-1-4-12-21)35-29(32)36-28(31)24-16-8-10-18-26(24)34-20-22-13-5-2-6-14-22;1-3-5-15-27-19-13-9-7-11-17(19)21(24)29-23(26)30-22(25)18-12-8-10-14-20(18)28-16-6-4-2/h1-18H,19-20H2;7-14H,3-6,15-16H2,1-2H3. The molecule has 0 aliphatic rings. The minimum absolute atomic E-state index is 0.0180. The molecule has 14 heteroatoms. The van der Waals surface area contributed by atoms with Gasteiger partial charge in [-0.2, -0.15) is 0 Å². The van der Waals surface area contributed by atoms with E-state index in [0.29, 0.717) is 24.7 Å². The van der Waals surface area contributed by atoms with Crippen LogP contribution in [0.15, 0.2) is 158 Å². The third-order valence-electron chi connectivity index (χ3n) is 9.12. The van der Waals surface area contributed by atoms with E-state index in [1.54, 1.807) is 72.8 Å². The summed E-state index contributed by atoms with van der Waals surface area (Å²) in [5.41, 5.74) is 1.98. The van der Waals surface area contributed by atoms with Crippen molar-refractivity contribution in [2.24, 2.45) is 0 Å². The molecule has 0 saturated carbocycles. The van der Waals surface area contributed by atoms with Crippen molar-refractivity contribution < 1.29 is 66.7 Å². The third-order valence-corrected chi connectivity index (χ3v) is 9.12. The van der Waals surface area contributed by atoms with Crippen LogP contribution in [-0.4, -0.2) is 49.4 Å². The molecule has 0 aliphatic heterocycles. The fourth-order valence-corrected chi connectivity index (χ4v) is 5.73. The number of hydrogen-bond donors (Lipinski definition) is 0. The summed E-state index contributed by atoms with van der Waals surface area (Å²) in [6, 6.07) is 44.2. The maximum atomic E-state index is 12.6. The number of ether oxygens (including phenoxy) is 8. The predicted octanol–water partition coefficient (Wildman–Crippen LogP) is 11.2. The molecule has 340 valence electrons. The van der Waals surface area contributed by atoms with Crippen LogP contribution in [0.1, 0.15) is 92.1 Å². The Morgan fingerprint density at radius 2 is 0.591 bits per heavy atom. The number of carbonyl (C=O) groups is 6. The Morgan fingerprint density at radius 1 is 0.333 bits per heavy atom. The number of rotatable bonds is 18. The molecule has 6 aromatic rings. The first-order chi connectivity index (χ1) is 32.2. The second-order valence-electron chi connectivity index (χ2n) is 14.0. The number of esters is 4. The van der Waals surface area contributed by atoms with E-state index < -0.39 is 36.2 Å². The first-order valence-corrected chi connectivity index (χ1v) is 21.1. The van der Waals surface area contributed by atoms with Crippen LogP contribution >= 0.6 is 0 Å². The topological polar surface area (TPSA) is 176 Å². The fourth-order valence-electron chi connectivity index (χ4n) is 5.73. The van der Waals surface area contributed by atoms with E-state index in [0.717, 1.165) is 36.8 Å². The zero-order chi connectivity index (χ0) is 46.9. The summed E-state index contributed by atoms with van der Waals surface area (Å²) in [6.45, 7) is 5.33. The number of para-hydroxylation sites is 4. The molecule has 0 spiro atoms. The summed E-state index contributed by atoms with van der Waals surface area (Å²) in [6.07, 6.45) is 0.631. The van der Waals surface area contributed by atoms with Gasteiger partial charge in [0, 0.05) is 0 Å². The average molecular weight is 897 g/mol. The van der Waals surface area contributed by atoms with E-state index in [2.05, 4.69) is 9.47 Å². The summed E-state index contributed by atoms with van der Waals surface area (Å²) >= 11 is 0. The maximum Gasteiger partial charge on any atom is 0.524 e. The lowest BCUT2D eigenvalue weighted by Gasteiger charge is -2.12. The van der Waals surface area contributed by atoms with Crippen molar-refractivity contribution in [3.63, 3.8) is 0 Å². The molecular weight excluding hydrogens is 849 g/mol. The van der Waals surface area contributed by atoms with Crippen molar-refractivity contribution in [1.29, 1.82) is 0 Å². The number of benzene rings is 6. The Hall–Kier alpha value is -8.26. The maximum absolute atomic E-state index is 12.6. The van der Waals surface area contributed by atoms with Gasteiger partial charge in [-0.05, 0) is 72.5 Å². The highest BCUT2D eigenvalue weighted by Crippen LogP contribution is 2.24. The van der Waals surface area contributed by atoms with E-state index in [9.17, 15) is 28.8 Å². The third kappa shape index (κ3) is 15.5. The summed E-state index contributed by atoms with van der Waals surface area (Å²) in [4.78, 5) is 74.1. The Balaban J connectivity index is 0.000000252. The quantitative estimate of drug-likeness (QED) is 0.0452. The highest BCUT2D eigenvalue weighted by atomic mass is 16.8. The first-order valence-electron chi connectivity index (χ1n) is 21.1. The predicted molar refractivity (Wildman–Crippen MR) is 241 cm³/mol. The normalized spacial score (nSPS) is 10.2. The number of hydrogen-bond acceptors (Lipinski definition) is 14. The molecule has 14 nitrogen and oxygen atoms in total. The number of carbonyl (C=O) groups excluding carboxylic acids is 6. The Labute approximate surface area is 381 Å². The van der Waals surface area contributed by atoms with Crippen LogP contribution in [0.4, 0.5) is 9.59 Å². The largest absolute Gasteiger partial charge is 0.524 e. The van der Waals surface area contributed by atoms with Crippen LogP contribution in [0.2, 0.25) is 0 Å². The lowest BCUT2D eigenvalue weighted by molar-refractivity contribution is 0.0306. The molecule has 0 amide bonds. The molecular formula is C52H48O14. The van der Waals surface area contributed by atoms with Gasteiger partial charge < -0.3 is 37.9 Å². The van der Waals surface area contributed by atoms with Gasteiger partial charge in [0.05, 0.1) is 13.2 Å². The molecule has 0 bridgehead atoms. The van der Waals surface area contributed by atoms with E-state index in [4.69, 9.17) is 28.4 Å². The van der Waals surface area contributed by atoms with Gasteiger partial charge in [-0.3, -0.25) is 0 Å². The van der Waals surface area contributed by atoms with Crippen molar-refractivity contribution >= 4 is 36.2 Å². The molecule has 6 aromatic carbocycles. The SMILES string of the molecule is CCCCOc1ccccc1C(=O)OC(=O)OC(=O)c1ccccc1OCCCC.O=C(OC(=O)c1ccccc1OCc1ccccc1)OC(=O)c1ccccc1OCc1ccccc1. The van der Waals surface area contributed by atoms with Crippen molar-refractivity contribution in [2.45, 2.75) is 52.7 Å². The van der Waals surface area contributed by atoms with Crippen molar-refractivity contribution in [2.75, 3.05) is 13.2 Å². The van der Waals surface area contributed by atoms with Crippen LogP contribution in [-0.2, 0) is 32.2 Å². The first kappa shape index (κ1) is 48.8. The van der Waals surface area contributed by atoms with E-state index in [1.165, 1.54) is 24.3 Å². The Kier molecular flexibility index (Phi) is 19.5. The van der Waals surface area contributed by atoms with E-state index in [-0.39, 0.29) is 47.0 Å². The van der Waals surface area contributed by atoms with Gasteiger partial charge in [0.2, 0.25) is 0 Å². The minimum atomic E-state index is -1.46. The Morgan fingerprint density at radius 3 is 0.879 bits per heavy atom. The molecule has 0 aromatic heterocycles. The van der Waals surface area contributed by atoms with Gasteiger partial charge in [0.25, 0.3) is 0 Å². The van der Waals surface area contributed by atoms with Crippen LogP contribution < -0.4 is 18.9 Å². The molecule has 0 aliphatic carbocycles. The summed E-state index contributed by atoms with van der Waals surface area (Å²) < 4.78 is 41.4. The van der Waals surface area contributed by atoms with E-state index >= 15 is 0 Å². The van der Waals surface area contributed by atoms with Crippen LogP contribution in [0.5, 0.6) is 23.0 Å². The minimum Gasteiger partial charge on any atom is -0.493 e. The summed E-state index contributed by atoms with van der Waals surface area (Å²) in [5.74, 6) is -2.90. The lowest BCUT2D eigenvalue weighted by atomic mass is 10.2. The van der Waals surface area contributed by atoms with Gasteiger partial charge in [0.1, 0.15) is 58.5 Å². The van der Waals surface area contributed by atoms with Gasteiger partial charge in [-0.1, -0.05) is 136 Å². The molecule has 0 fully saturated rings. The average Bonchev–Trinajstić information content (AvgIpc) is 3.34. The van der Waals surface area contributed by atoms with Crippen molar-refractivity contribution in [3.05, 3.63) is 191 Å². The van der Waals surface area contributed by atoms with Crippen LogP contribution in [0, 0.1) is 0 Å². The van der Waals surface area contributed by atoms with Gasteiger partial charge in [0.15, 0.2) is 0 Å². The molecule has 0 N–H and O–H groups in total. The van der Waals surface area contributed by atoms with Gasteiger partial charge >= 0.3 is 36.2 Å².